The number of methoxy groups -OCH3 is 1. The first-order valence-electron chi connectivity index (χ1n) is 5.87. The number of ether oxygens (including phenoxy) is 1. The Bertz CT molecular complexity index is 249. The van der Waals surface area contributed by atoms with Crippen LogP contribution in [0.1, 0.15) is 32.6 Å². The summed E-state index contributed by atoms with van der Waals surface area (Å²) in [4.78, 5) is 11.5. The second-order valence-electron chi connectivity index (χ2n) is 5.26. The van der Waals surface area contributed by atoms with Crippen molar-refractivity contribution >= 4 is 5.97 Å². The monoisotopic (exact) mass is 212 g/mol. The highest BCUT2D eigenvalue weighted by Gasteiger charge is 2.42. The number of carbonyl (C=O) groups is 1. The fraction of sp³-hybridized carbons (Fsp3) is 0.917. The van der Waals surface area contributed by atoms with Crippen molar-refractivity contribution in [3.05, 3.63) is 0 Å². The van der Waals surface area contributed by atoms with Crippen LogP contribution in [-0.4, -0.2) is 24.3 Å². The molecule has 2 rings (SSSR count). The highest BCUT2D eigenvalue weighted by molar-refractivity contribution is 5.72. The van der Waals surface area contributed by atoms with E-state index in [0.29, 0.717) is 17.8 Å². The molecule has 15 heavy (non-hydrogen) atoms. The maximum atomic E-state index is 11.5. The standard InChI is InChI=1S/C12H20O3/c1-7-3-8-4-9(11(7)13)6-10(5-8)12(14)15-2/h7-11,13H,3-6H2,1-2H3. The van der Waals surface area contributed by atoms with Crippen molar-refractivity contribution in [3.8, 4) is 0 Å². The van der Waals surface area contributed by atoms with Gasteiger partial charge in [0.2, 0.25) is 0 Å². The van der Waals surface area contributed by atoms with E-state index < -0.39 is 0 Å². The molecule has 2 aliphatic carbocycles. The Morgan fingerprint density at radius 2 is 2.00 bits per heavy atom. The van der Waals surface area contributed by atoms with Gasteiger partial charge in [-0.25, -0.2) is 0 Å². The molecular weight excluding hydrogens is 192 g/mol. The largest absolute Gasteiger partial charge is 0.469 e. The molecule has 2 bridgehead atoms. The molecule has 0 radical (unpaired) electrons. The Labute approximate surface area is 90.8 Å². The zero-order valence-electron chi connectivity index (χ0n) is 9.48. The summed E-state index contributed by atoms with van der Waals surface area (Å²) in [6, 6.07) is 0. The van der Waals surface area contributed by atoms with Crippen LogP contribution in [0.15, 0.2) is 0 Å². The molecule has 2 aliphatic rings. The van der Waals surface area contributed by atoms with Gasteiger partial charge < -0.3 is 9.84 Å². The maximum Gasteiger partial charge on any atom is 0.308 e. The number of hydrogen-bond acceptors (Lipinski definition) is 3. The lowest BCUT2D eigenvalue weighted by atomic mass is 9.63. The number of carbonyl (C=O) groups excluding carboxylic acids is 1. The quantitative estimate of drug-likeness (QED) is 0.671. The Morgan fingerprint density at radius 3 is 2.67 bits per heavy atom. The number of hydrogen-bond donors (Lipinski definition) is 1. The highest BCUT2D eigenvalue weighted by atomic mass is 16.5. The Hall–Kier alpha value is -0.570. The normalized spacial score (nSPS) is 44.9. The first kappa shape index (κ1) is 10.9. The van der Waals surface area contributed by atoms with E-state index in [9.17, 15) is 9.90 Å². The van der Waals surface area contributed by atoms with Crippen LogP contribution in [0.5, 0.6) is 0 Å². The molecular formula is C12H20O3. The molecule has 0 aromatic rings. The zero-order valence-corrected chi connectivity index (χ0v) is 9.48. The van der Waals surface area contributed by atoms with Gasteiger partial charge in [0.05, 0.1) is 19.1 Å². The Balaban J connectivity index is 2.05. The minimum atomic E-state index is -0.214. The molecule has 0 aliphatic heterocycles. The fourth-order valence-electron chi connectivity index (χ4n) is 3.44. The smallest absolute Gasteiger partial charge is 0.308 e. The van der Waals surface area contributed by atoms with Crippen LogP contribution in [0, 0.1) is 23.7 Å². The van der Waals surface area contributed by atoms with E-state index in [1.54, 1.807) is 0 Å². The summed E-state index contributed by atoms with van der Waals surface area (Å²) >= 11 is 0. The third kappa shape index (κ3) is 2.03. The molecule has 5 atom stereocenters. The van der Waals surface area contributed by atoms with Gasteiger partial charge >= 0.3 is 5.97 Å². The highest BCUT2D eigenvalue weighted by Crippen LogP contribution is 2.45. The molecule has 1 N–H and O–H groups in total. The summed E-state index contributed by atoms with van der Waals surface area (Å²) in [5, 5.41) is 10.0. The van der Waals surface area contributed by atoms with E-state index in [2.05, 4.69) is 6.92 Å². The van der Waals surface area contributed by atoms with Gasteiger partial charge in [0.25, 0.3) is 0 Å². The predicted octanol–water partition coefficient (Wildman–Crippen LogP) is 1.59. The number of aliphatic hydroxyl groups is 1. The Morgan fingerprint density at radius 1 is 1.27 bits per heavy atom. The predicted molar refractivity (Wildman–Crippen MR) is 56.1 cm³/mol. The van der Waals surface area contributed by atoms with E-state index in [1.807, 2.05) is 0 Å². The van der Waals surface area contributed by atoms with Crippen LogP contribution in [0.4, 0.5) is 0 Å². The molecule has 0 spiro atoms. The molecule has 3 heteroatoms. The summed E-state index contributed by atoms with van der Waals surface area (Å²) in [6.45, 7) is 2.11. The number of rotatable bonds is 1. The first-order valence-corrected chi connectivity index (χ1v) is 5.87. The van der Waals surface area contributed by atoms with E-state index >= 15 is 0 Å². The van der Waals surface area contributed by atoms with Crippen LogP contribution in [0.2, 0.25) is 0 Å². The molecule has 0 heterocycles. The second-order valence-corrected chi connectivity index (χ2v) is 5.26. The first-order chi connectivity index (χ1) is 7.11. The molecule has 2 saturated carbocycles. The summed E-state index contributed by atoms with van der Waals surface area (Å²) in [5.74, 6) is 1.27. The summed E-state index contributed by atoms with van der Waals surface area (Å²) in [7, 11) is 1.45. The van der Waals surface area contributed by atoms with E-state index in [0.717, 1.165) is 25.7 Å². The molecule has 0 amide bonds. The van der Waals surface area contributed by atoms with Crippen molar-refractivity contribution in [2.45, 2.75) is 38.7 Å². The van der Waals surface area contributed by atoms with Crippen LogP contribution in [0.25, 0.3) is 0 Å². The van der Waals surface area contributed by atoms with Crippen molar-refractivity contribution in [1.82, 2.24) is 0 Å². The average molecular weight is 212 g/mol. The number of aliphatic hydroxyl groups excluding tert-OH is 1. The summed E-state index contributed by atoms with van der Waals surface area (Å²) in [6.07, 6.45) is 3.72. The van der Waals surface area contributed by atoms with Crippen molar-refractivity contribution in [3.63, 3.8) is 0 Å². The van der Waals surface area contributed by atoms with Gasteiger partial charge in [0.15, 0.2) is 0 Å². The third-order valence-electron chi connectivity index (χ3n) is 4.15. The SMILES string of the molecule is COC(=O)C1CC2CC(C)C(O)C(C2)C1. The Kier molecular flexibility index (Phi) is 3.01. The van der Waals surface area contributed by atoms with Gasteiger partial charge in [-0.3, -0.25) is 4.79 Å². The van der Waals surface area contributed by atoms with Crippen LogP contribution < -0.4 is 0 Å². The molecule has 0 aromatic heterocycles. The molecule has 0 aromatic carbocycles. The van der Waals surface area contributed by atoms with Gasteiger partial charge in [-0.05, 0) is 43.4 Å². The van der Waals surface area contributed by atoms with Gasteiger partial charge in [0, 0.05) is 0 Å². The maximum absolute atomic E-state index is 11.5. The molecule has 3 nitrogen and oxygen atoms in total. The lowest BCUT2D eigenvalue weighted by Gasteiger charge is -2.43. The number of fused-ring (bicyclic) bond motifs is 2. The van der Waals surface area contributed by atoms with Crippen molar-refractivity contribution in [2.24, 2.45) is 23.7 Å². The van der Waals surface area contributed by atoms with E-state index in [4.69, 9.17) is 4.74 Å². The van der Waals surface area contributed by atoms with Crippen LogP contribution in [-0.2, 0) is 9.53 Å². The van der Waals surface area contributed by atoms with Crippen molar-refractivity contribution in [1.29, 1.82) is 0 Å². The van der Waals surface area contributed by atoms with Gasteiger partial charge in [-0.15, -0.1) is 0 Å². The van der Waals surface area contributed by atoms with E-state index in [-0.39, 0.29) is 18.0 Å². The second kappa shape index (κ2) is 4.12. The minimum Gasteiger partial charge on any atom is -0.469 e. The molecule has 5 unspecified atom stereocenters. The topological polar surface area (TPSA) is 46.5 Å². The molecule has 86 valence electrons. The summed E-state index contributed by atoms with van der Waals surface area (Å²) < 4.78 is 4.80. The van der Waals surface area contributed by atoms with Crippen LogP contribution in [0.3, 0.4) is 0 Å². The average Bonchev–Trinajstić information content (AvgIpc) is 2.24. The van der Waals surface area contributed by atoms with E-state index in [1.165, 1.54) is 7.11 Å². The van der Waals surface area contributed by atoms with Crippen molar-refractivity contribution in [2.75, 3.05) is 7.11 Å². The van der Waals surface area contributed by atoms with Crippen molar-refractivity contribution < 1.29 is 14.6 Å². The van der Waals surface area contributed by atoms with Gasteiger partial charge in [-0.2, -0.15) is 0 Å². The lowest BCUT2D eigenvalue weighted by molar-refractivity contribution is -0.150. The molecule has 2 fully saturated rings. The fourth-order valence-corrected chi connectivity index (χ4v) is 3.44. The lowest BCUT2D eigenvalue weighted by Crippen LogP contribution is -2.42. The third-order valence-corrected chi connectivity index (χ3v) is 4.15. The van der Waals surface area contributed by atoms with Gasteiger partial charge in [0.1, 0.15) is 0 Å². The zero-order chi connectivity index (χ0) is 11.0. The minimum absolute atomic E-state index is 0.0286. The molecule has 0 saturated heterocycles. The van der Waals surface area contributed by atoms with Gasteiger partial charge in [-0.1, -0.05) is 6.92 Å². The van der Waals surface area contributed by atoms with Crippen LogP contribution >= 0.6 is 0 Å². The number of esters is 1. The summed E-state index contributed by atoms with van der Waals surface area (Å²) in [5.41, 5.74) is 0.